The van der Waals surface area contributed by atoms with E-state index in [1.807, 2.05) is 20.9 Å². The molecule has 1 amide bonds. The molecular formula is C29H35F6N7O2S. The van der Waals surface area contributed by atoms with Gasteiger partial charge in [0, 0.05) is 24.5 Å². The number of thiophene rings is 1. The number of anilines is 1. The molecule has 2 aromatic heterocycles. The minimum absolute atomic E-state index is 0.0517. The van der Waals surface area contributed by atoms with Crippen LogP contribution in [0.15, 0.2) is 39.5 Å². The number of rotatable bonds is 12. The summed E-state index contributed by atoms with van der Waals surface area (Å²) in [4.78, 5) is 22.2. The standard InChI is InChI=1S/C29H35F6N7O2S/c1-4-16-9-20(24(32)21(5-2)42(16)3)39-19-8-6-7-17-18(10-29(33,34)35)26(45-25(17)19)27-40-23(44-41-27)14-38-28(43)15(11-36)12-37-13-22(30)31/h6-8,11-12,16,20-22,24,39H,4-5,9-10,13-14,36H2,1-3H3,(H,38,43)/b15-11+,37-12?. The molecule has 1 aromatic carbocycles. The second-order valence-corrected chi connectivity index (χ2v) is 11.7. The first-order chi connectivity index (χ1) is 21.4. The first-order valence-electron chi connectivity index (χ1n) is 14.4. The topological polar surface area (TPSA) is 122 Å². The van der Waals surface area contributed by atoms with Crippen molar-refractivity contribution in [2.45, 2.75) is 83.0 Å². The summed E-state index contributed by atoms with van der Waals surface area (Å²) in [6.45, 7) is 2.85. The van der Waals surface area contributed by atoms with Crippen molar-refractivity contribution in [3.05, 3.63) is 41.4 Å². The number of hydrogen-bond donors (Lipinski definition) is 3. The summed E-state index contributed by atoms with van der Waals surface area (Å²) in [5.74, 6) is -0.990. The van der Waals surface area contributed by atoms with Gasteiger partial charge in [0.15, 0.2) is 0 Å². The van der Waals surface area contributed by atoms with Gasteiger partial charge < -0.3 is 20.9 Å². The minimum atomic E-state index is -4.55. The number of amides is 1. The molecule has 246 valence electrons. The monoisotopic (exact) mass is 659 g/mol. The Morgan fingerprint density at radius 1 is 1.29 bits per heavy atom. The zero-order chi connectivity index (χ0) is 32.9. The maximum Gasteiger partial charge on any atom is 0.393 e. The van der Waals surface area contributed by atoms with Crippen LogP contribution < -0.4 is 16.4 Å². The molecule has 0 saturated carbocycles. The van der Waals surface area contributed by atoms with Crippen LogP contribution in [-0.2, 0) is 17.8 Å². The molecule has 1 aliphatic heterocycles. The van der Waals surface area contributed by atoms with Crippen molar-refractivity contribution < 1.29 is 35.7 Å². The Bertz CT molecular complexity index is 1520. The van der Waals surface area contributed by atoms with Gasteiger partial charge in [-0.3, -0.25) is 14.7 Å². The van der Waals surface area contributed by atoms with Gasteiger partial charge in [0.1, 0.15) is 6.17 Å². The number of halogens is 6. The summed E-state index contributed by atoms with van der Waals surface area (Å²) in [5, 5.41) is 9.92. The second kappa shape index (κ2) is 14.6. The van der Waals surface area contributed by atoms with E-state index >= 15 is 4.39 Å². The van der Waals surface area contributed by atoms with Crippen molar-refractivity contribution in [2.75, 3.05) is 18.9 Å². The molecule has 4 atom stereocenters. The minimum Gasteiger partial charge on any atom is -0.404 e. The fourth-order valence-corrected chi connectivity index (χ4v) is 6.81. The Morgan fingerprint density at radius 3 is 2.69 bits per heavy atom. The lowest BCUT2D eigenvalue weighted by Crippen LogP contribution is -2.57. The van der Waals surface area contributed by atoms with Crippen molar-refractivity contribution in [3.8, 4) is 10.7 Å². The number of fused-ring (bicyclic) bond motifs is 1. The van der Waals surface area contributed by atoms with Crippen LogP contribution in [-0.4, -0.2) is 77.7 Å². The molecule has 1 aliphatic rings. The van der Waals surface area contributed by atoms with Crippen LogP contribution in [0.5, 0.6) is 0 Å². The zero-order valence-electron chi connectivity index (χ0n) is 24.9. The van der Waals surface area contributed by atoms with E-state index in [-0.39, 0.29) is 46.4 Å². The van der Waals surface area contributed by atoms with Gasteiger partial charge in [-0.05, 0) is 43.3 Å². The van der Waals surface area contributed by atoms with Gasteiger partial charge in [-0.2, -0.15) is 18.2 Å². The second-order valence-electron chi connectivity index (χ2n) is 10.7. The predicted octanol–water partition coefficient (Wildman–Crippen LogP) is 5.86. The van der Waals surface area contributed by atoms with Crippen LogP contribution >= 0.6 is 11.3 Å². The fourth-order valence-electron chi connectivity index (χ4n) is 5.58. The number of likely N-dealkylation sites (tertiary alicyclic amines) is 1. The van der Waals surface area contributed by atoms with Crippen molar-refractivity contribution in [1.29, 1.82) is 0 Å². The molecule has 0 spiro atoms. The lowest BCUT2D eigenvalue weighted by Gasteiger charge is -2.45. The normalized spacial score (nSPS) is 21.7. The number of nitrogens with zero attached hydrogens (tertiary/aromatic N) is 4. The number of nitrogens with one attached hydrogen (secondary N) is 2. The van der Waals surface area contributed by atoms with Gasteiger partial charge in [-0.1, -0.05) is 31.1 Å². The molecule has 4 N–H and O–H groups in total. The molecule has 1 fully saturated rings. The summed E-state index contributed by atoms with van der Waals surface area (Å²) >= 11 is 1.03. The Labute approximate surface area is 259 Å². The van der Waals surface area contributed by atoms with E-state index in [1.54, 1.807) is 18.2 Å². The zero-order valence-corrected chi connectivity index (χ0v) is 25.7. The highest BCUT2D eigenvalue weighted by Gasteiger charge is 2.40. The maximum absolute atomic E-state index is 15.7. The van der Waals surface area contributed by atoms with Gasteiger partial charge in [0.2, 0.25) is 11.7 Å². The number of alkyl halides is 6. The average Bonchev–Trinajstić information content (AvgIpc) is 3.60. The van der Waals surface area contributed by atoms with Gasteiger partial charge in [-0.25, -0.2) is 13.2 Å². The van der Waals surface area contributed by atoms with Crippen LogP contribution in [0.1, 0.15) is 44.6 Å². The molecule has 0 aliphatic carbocycles. The van der Waals surface area contributed by atoms with Crippen LogP contribution in [0.4, 0.5) is 32.0 Å². The largest absolute Gasteiger partial charge is 0.404 e. The summed E-state index contributed by atoms with van der Waals surface area (Å²) in [6, 6.07) is 4.24. The third-order valence-electron chi connectivity index (χ3n) is 7.79. The molecule has 3 aromatic rings. The van der Waals surface area contributed by atoms with E-state index in [0.717, 1.165) is 30.2 Å². The Kier molecular flexibility index (Phi) is 11.1. The maximum atomic E-state index is 15.7. The molecule has 45 heavy (non-hydrogen) atoms. The summed E-state index contributed by atoms with van der Waals surface area (Å²) in [7, 11) is 1.92. The van der Waals surface area contributed by atoms with Gasteiger partial charge in [0.05, 0.1) is 46.4 Å². The fraction of sp³-hybridized carbons (Fsp3) is 0.517. The van der Waals surface area contributed by atoms with E-state index in [4.69, 9.17) is 10.3 Å². The highest BCUT2D eigenvalue weighted by molar-refractivity contribution is 7.23. The molecule has 9 nitrogen and oxygen atoms in total. The number of aliphatic imine (C=N–C) groups is 1. The van der Waals surface area contributed by atoms with Crippen molar-refractivity contribution >= 4 is 39.2 Å². The highest BCUT2D eigenvalue weighted by Crippen LogP contribution is 2.44. The van der Waals surface area contributed by atoms with Crippen molar-refractivity contribution in [1.82, 2.24) is 20.4 Å². The number of aromatic nitrogens is 2. The van der Waals surface area contributed by atoms with Crippen LogP contribution in [0, 0.1) is 0 Å². The van der Waals surface area contributed by atoms with Gasteiger partial charge in [-0.15, -0.1) is 11.3 Å². The summed E-state index contributed by atoms with van der Waals surface area (Å²) < 4.78 is 87.4. The predicted molar refractivity (Wildman–Crippen MR) is 161 cm³/mol. The van der Waals surface area contributed by atoms with E-state index in [2.05, 4.69) is 30.7 Å². The molecule has 4 rings (SSSR count). The van der Waals surface area contributed by atoms with Crippen molar-refractivity contribution in [3.63, 3.8) is 0 Å². The Hall–Kier alpha value is -3.66. The molecule has 3 heterocycles. The lowest BCUT2D eigenvalue weighted by molar-refractivity contribution is -0.126. The van der Waals surface area contributed by atoms with Crippen LogP contribution in [0.2, 0.25) is 0 Å². The molecule has 0 bridgehead atoms. The molecular weight excluding hydrogens is 624 g/mol. The third kappa shape index (κ3) is 8.14. The van der Waals surface area contributed by atoms with Crippen LogP contribution in [0.3, 0.4) is 0 Å². The molecule has 16 heteroatoms. The van der Waals surface area contributed by atoms with Crippen LogP contribution in [0.25, 0.3) is 20.8 Å². The number of nitrogens with two attached hydrogens (primary N) is 1. The molecule has 4 unspecified atom stereocenters. The van der Waals surface area contributed by atoms with Gasteiger partial charge in [0.25, 0.3) is 12.3 Å². The average molecular weight is 660 g/mol. The van der Waals surface area contributed by atoms with E-state index < -0.39 is 43.7 Å². The van der Waals surface area contributed by atoms with Gasteiger partial charge >= 0.3 is 6.18 Å². The first-order valence-corrected chi connectivity index (χ1v) is 15.2. The highest BCUT2D eigenvalue weighted by atomic mass is 32.1. The number of piperidine rings is 1. The number of carbonyl (C=O) groups excluding carboxylic acids is 1. The summed E-state index contributed by atoms with van der Waals surface area (Å²) in [6.07, 6.45) is -5.93. The quantitative estimate of drug-likeness (QED) is 0.127. The van der Waals surface area contributed by atoms with E-state index in [9.17, 15) is 26.7 Å². The number of carbonyl (C=O) groups is 1. The first kappa shape index (κ1) is 34.2. The Balaban J connectivity index is 1.62. The lowest BCUT2D eigenvalue weighted by atomic mass is 9.87. The number of hydrogen-bond acceptors (Lipinski definition) is 9. The smallest absolute Gasteiger partial charge is 0.393 e. The molecule has 0 radical (unpaired) electrons. The molecule has 1 saturated heterocycles. The number of benzene rings is 1. The summed E-state index contributed by atoms with van der Waals surface area (Å²) in [5.41, 5.74) is 5.65. The van der Waals surface area contributed by atoms with E-state index in [0.29, 0.717) is 28.6 Å². The SMILES string of the molecule is CCC1CC(Nc2cccc3c(CC(F)(F)F)c(-c4noc(CNC(=O)/C(C=NCC(F)F)=C/N)n4)sc23)C(F)C(CC)N1C. The van der Waals surface area contributed by atoms with E-state index in [1.165, 1.54) is 0 Å². The van der Waals surface area contributed by atoms with Crippen molar-refractivity contribution in [2.24, 2.45) is 10.7 Å². The Morgan fingerprint density at radius 2 is 2.04 bits per heavy atom. The third-order valence-corrected chi connectivity index (χ3v) is 9.07.